The Kier molecular flexibility index (Phi) is 4.71. The summed E-state index contributed by atoms with van der Waals surface area (Å²) in [6.45, 7) is 0. The monoisotopic (exact) mass is 345 g/mol. The average Bonchev–Trinajstić information content (AvgIpc) is 3.06. The summed E-state index contributed by atoms with van der Waals surface area (Å²) in [4.78, 5) is 16.5. The number of hydrogen-bond donors (Lipinski definition) is 0. The number of esters is 1. The number of nitrogens with zero attached hydrogens (tertiary/aromatic N) is 1. The number of halogens is 1. The summed E-state index contributed by atoms with van der Waals surface area (Å²) >= 11 is 6.25. The fourth-order valence-corrected chi connectivity index (χ4v) is 2.77. The third kappa shape index (κ3) is 3.08. The molecule has 1 aliphatic heterocycles. The molecule has 124 valence electrons. The maximum absolute atomic E-state index is 12.1. The normalized spacial score (nSPS) is 19.4. The molecule has 0 fully saturated rings. The zero-order chi connectivity index (χ0) is 17.1. The van der Waals surface area contributed by atoms with Gasteiger partial charge in [-0.1, -0.05) is 29.8 Å². The number of ether oxygens (including phenoxy) is 3. The van der Waals surface area contributed by atoms with Crippen molar-refractivity contribution in [1.29, 1.82) is 0 Å². The number of aliphatic imine (C=N–C) groups is 1. The van der Waals surface area contributed by atoms with Gasteiger partial charge in [0.25, 0.3) is 0 Å². The Balaban J connectivity index is 1.95. The summed E-state index contributed by atoms with van der Waals surface area (Å²) in [6.07, 6.45) is -0.622. The molecule has 0 amide bonds. The van der Waals surface area contributed by atoms with Gasteiger partial charge in [-0.3, -0.25) is 0 Å². The predicted octanol–water partition coefficient (Wildman–Crippen LogP) is 3.41. The Labute approximate surface area is 144 Å². The lowest BCUT2D eigenvalue weighted by molar-refractivity contribution is -0.143. The van der Waals surface area contributed by atoms with E-state index < -0.39 is 18.1 Å². The van der Waals surface area contributed by atoms with Crippen molar-refractivity contribution in [1.82, 2.24) is 0 Å². The van der Waals surface area contributed by atoms with Crippen LogP contribution in [0.3, 0.4) is 0 Å². The molecular weight excluding hydrogens is 330 g/mol. The molecule has 1 aliphatic rings. The van der Waals surface area contributed by atoms with E-state index in [4.69, 9.17) is 25.8 Å². The van der Waals surface area contributed by atoms with Crippen LogP contribution < -0.4 is 4.74 Å². The first-order valence-corrected chi connectivity index (χ1v) is 7.73. The molecule has 0 bridgehead atoms. The molecule has 0 N–H and O–H groups in total. The summed E-state index contributed by atoms with van der Waals surface area (Å²) in [6, 6.07) is 13.7. The van der Waals surface area contributed by atoms with Crippen LogP contribution in [-0.4, -0.2) is 32.1 Å². The van der Waals surface area contributed by atoms with Gasteiger partial charge in [0.1, 0.15) is 5.75 Å². The molecule has 0 aromatic heterocycles. The number of hydrogen-bond acceptors (Lipinski definition) is 5. The minimum atomic E-state index is -0.799. The van der Waals surface area contributed by atoms with E-state index in [0.717, 1.165) is 11.3 Å². The van der Waals surface area contributed by atoms with Crippen LogP contribution in [0.1, 0.15) is 17.2 Å². The van der Waals surface area contributed by atoms with E-state index in [1.54, 1.807) is 25.3 Å². The molecule has 5 nitrogen and oxygen atoms in total. The molecule has 0 unspecified atom stereocenters. The molecule has 0 spiro atoms. The van der Waals surface area contributed by atoms with Crippen LogP contribution in [0.25, 0.3) is 0 Å². The smallest absolute Gasteiger partial charge is 0.335 e. The SMILES string of the molecule is COC(=O)[C@@H]1N=C(c2ccc(OC)cc2)O[C@H]1c1ccccc1Cl. The lowest BCUT2D eigenvalue weighted by Gasteiger charge is -2.17. The van der Waals surface area contributed by atoms with Gasteiger partial charge >= 0.3 is 5.97 Å². The largest absolute Gasteiger partial charge is 0.497 e. The van der Waals surface area contributed by atoms with E-state index in [1.165, 1.54) is 7.11 Å². The Morgan fingerprint density at radius 3 is 2.46 bits per heavy atom. The van der Waals surface area contributed by atoms with Gasteiger partial charge in [-0.15, -0.1) is 0 Å². The Morgan fingerprint density at radius 1 is 1.12 bits per heavy atom. The van der Waals surface area contributed by atoms with Gasteiger partial charge in [0, 0.05) is 16.1 Å². The van der Waals surface area contributed by atoms with Gasteiger partial charge in [0.15, 0.2) is 12.1 Å². The van der Waals surface area contributed by atoms with Crippen LogP contribution in [0.5, 0.6) is 5.75 Å². The van der Waals surface area contributed by atoms with Crippen molar-refractivity contribution in [2.75, 3.05) is 14.2 Å². The van der Waals surface area contributed by atoms with Gasteiger partial charge < -0.3 is 14.2 Å². The highest BCUT2D eigenvalue weighted by Gasteiger charge is 2.39. The van der Waals surface area contributed by atoms with Gasteiger partial charge in [-0.05, 0) is 30.3 Å². The second-order valence-corrected chi connectivity index (χ2v) is 5.60. The van der Waals surface area contributed by atoms with Crippen molar-refractivity contribution in [3.8, 4) is 5.75 Å². The predicted molar refractivity (Wildman–Crippen MR) is 90.6 cm³/mol. The maximum Gasteiger partial charge on any atom is 0.335 e. The van der Waals surface area contributed by atoms with E-state index in [0.29, 0.717) is 16.5 Å². The molecule has 1 heterocycles. The van der Waals surface area contributed by atoms with Gasteiger partial charge in [0.05, 0.1) is 14.2 Å². The van der Waals surface area contributed by atoms with Crippen LogP contribution in [0.4, 0.5) is 0 Å². The molecule has 3 rings (SSSR count). The van der Waals surface area contributed by atoms with Crippen molar-refractivity contribution in [3.05, 3.63) is 64.7 Å². The van der Waals surface area contributed by atoms with Crippen molar-refractivity contribution in [2.45, 2.75) is 12.1 Å². The number of methoxy groups -OCH3 is 2. The van der Waals surface area contributed by atoms with Crippen molar-refractivity contribution in [2.24, 2.45) is 4.99 Å². The fraction of sp³-hybridized carbons (Fsp3) is 0.222. The lowest BCUT2D eigenvalue weighted by atomic mass is 10.0. The van der Waals surface area contributed by atoms with Gasteiger partial charge in [-0.2, -0.15) is 0 Å². The summed E-state index contributed by atoms with van der Waals surface area (Å²) in [5.74, 6) is 0.630. The maximum atomic E-state index is 12.1. The summed E-state index contributed by atoms with van der Waals surface area (Å²) in [5, 5.41) is 0.516. The number of benzene rings is 2. The third-order valence-electron chi connectivity index (χ3n) is 3.77. The molecule has 2 aromatic rings. The Bertz CT molecular complexity index is 773. The van der Waals surface area contributed by atoms with Crippen LogP contribution in [-0.2, 0) is 14.3 Å². The topological polar surface area (TPSA) is 57.1 Å². The molecule has 0 aliphatic carbocycles. The Morgan fingerprint density at radius 2 is 1.83 bits per heavy atom. The molecule has 0 saturated carbocycles. The minimum absolute atomic E-state index is 0.373. The second kappa shape index (κ2) is 6.93. The molecular formula is C18H16ClNO4. The first kappa shape index (κ1) is 16.3. The quantitative estimate of drug-likeness (QED) is 0.797. The van der Waals surface area contributed by atoms with Crippen LogP contribution in [0, 0.1) is 0 Å². The molecule has 2 aromatic carbocycles. The minimum Gasteiger partial charge on any atom is -0.497 e. The Hall–Kier alpha value is -2.53. The number of rotatable bonds is 4. The third-order valence-corrected chi connectivity index (χ3v) is 4.12. The first-order valence-electron chi connectivity index (χ1n) is 7.35. The average molecular weight is 346 g/mol. The molecule has 0 saturated heterocycles. The summed E-state index contributed by atoms with van der Waals surface area (Å²) in [7, 11) is 2.92. The summed E-state index contributed by atoms with van der Waals surface area (Å²) < 4.78 is 15.9. The summed E-state index contributed by atoms with van der Waals surface area (Å²) in [5.41, 5.74) is 1.45. The molecule has 6 heteroatoms. The van der Waals surface area contributed by atoms with Crippen molar-refractivity contribution < 1.29 is 19.0 Å². The van der Waals surface area contributed by atoms with E-state index in [-0.39, 0.29) is 0 Å². The second-order valence-electron chi connectivity index (χ2n) is 5.19. The van der Waals surface area contributed by atoms with Gasteiger partial charge in [0.2, 0.25) is 5.90 Å². The number of carbonyl (C=O) groups excluding carboxylic acids is 1. The van der Waals surface area contributed by atoms with Crippen molar-refractivity contribution >= 4 is 23.5 Å². The van der Waals surface area contributed by atoms with Crippen molar-refractivity contribution in [3.63, 3.8) is 0 Å². The highest BCUT2D eigenvalue weighted by Crippen LogP contribution is 2.35. The molecule has 0 radical (unpaired) electrons. The van der Waals surface area contributed by atoms with E-state index in [2.05, 4.69) is 4.99 Å². The van der Waals surface area contributed by atoms with Crippen LogP contribution in [0.15, 0.2) is 53.5 Å². The highest BCUT2D eigenvalue weighted by molar-refractivity contribution is 6.31. The molecule has 24 heavy (non-hydrogen) atoms. The molecule has 2 atom stereocenters. The number of carbonyl (C=O) groups is 1. The zero-order valence-electron chi connectivity index (χ0n) is 13.2. The lowest BCUT2D eigenvalue weighted by Crippen LogP contribution is -2.25. The van der Waals surface area contributed by atoms with E-state index >= 15 is 0 Å². The zero-order valence-corrected chi connectivity index (χ0v) is 14.0. The standard InChI is InChI=1S/C18H16ClNO4/c1-22-12-9-7-11(8-10-12)17-20-15(18(21)23-2)16(24-17)13-5-3-4-6-14(13)19/h3-10,15-16H,1-2H3/t15-,16+/m1/s1. The first-order chi connectivity index (χ1) is 11.6. The highest BCUT2D eigenvalue weighted by atomic mass is 35.5. The fourth-order valence-electron chi connectivity index (χ4n) is 2.52. The van der Waals surface area contributed by atoms with E-state index in [1.807, 2.05) is 30.3 Å². The van der Waals surface area contributed by atoms with E-state index in [9.17, 15) is 4.79 Å². The van der Waals surface area contributed by atoms with Crippen LogP contribution >= 0.6 is 11.6 Å². The van der Waals surface area contributed by atoms with Crippen LogP contribution in [0.2, 0.25) is 5.02 Å². The van der Waals surface area contributed by atoms with Gasteiger partial charge in [-0.25, -0.2) is 9.79 Å².